The summed E-state index contributed by atoms with van der Waals surface area (Å²) in [4.78, 5) is 16.1. The summed E-state index contributed by atoms with van der Waals surface area (Å²) in [5.74, 6) is -2.76. The molecule has 2 N–H and O–H groups in total. The molecule has 0 spiro atoms. The summed E-state index contributed by atoms with van der Waals surface area (Å²) in [5, 5.41) is 12.0. The summed E-state index contributed by atoms with van der Waals surface area (Å²) in [5.41, 5.74) is 1.63. The van der Waals surface area contributed by atoms with Crippen LogP contribution in [-0.4, -0.2) is 37.0 Å². The molecule has 0 amide bonds. The van der Waals surface area contributed by atoms with Crippen LogP contribution >= 0.6 is 23.2 Å². The lowest BCUT2D eigenvalue weighted by Gasteiger charge is -2.12. The molecule has 33 heavy (non-hydrogen) atoms. The highest BCUT2D eigenvalue weighted by molar-refractivity contribution is 6.37. The fourth-order valence-electron chi connectivity index (χ4n) is 2.74. The highest BCUT2D eigenvalue weighted by Gasteiger charge is 2.38. The maximum atomic E-state index is 12.9. The summed E-state index contributed by atoms with van der Waals surface area (Å²) in [6.45, 7) is 0. The van der Waals surface area contributed by atoms with Gasteiger partial charge in [0, 0.05) is 29.5 Å². The first-order chi connectivity index (χ1) is 15.3. The van der Waals surface area contributed by atoms with Crippen molar-refractivity contribution in [3.63, 3.8) is 0 Å². The Morgan fingerprint density at radius 2 is 1.67 bits per heavy atom. The molecule has 0 saturated carbocycles. The average molecular weight is 511 g/mol. The molecule has 0 saturated heterocycles. The molecule has 0 aliphatic rings. The maximum Gasteiger partial charge on any atom is 0.490 e. The molecule has 4 aromatic rings. The molecular weight excluding hydrogens is 501 g/mol. The highest BCUT2D eigenvalue weighted by atomic mass is 35.5. The van der Waals surface area contributed by atoms with Crippen molar-refractivity contribution >= 4 is 40.2 Å². The molecule has 0 atom stereocenters. The van der Waals surface area contributed by atoms with Crippen molar-refractivity contribution in [1.29, 1.82) is 0 Å². The second-order valence-electron chi connectivity index (χ2n) is 6.36. The van der Waals surface area contributed by atoms with Crippen molar-refractivity contribution in [2.75, 3.05) is 0 Å². The number of aromatic amines is 1. The minimum absolute atomic E-state index is 0.138. The van der Waals surface area contributed by atoms with Crippen LogP contribution in [0.3, 0.4) is 0 Å². The number of hydrogen-bond acceptors (Lipinski definition) is 3. The van der Waals surface area contributed by atoms with Gasteiger partial charge in [-0.3, -0.25) is 0 Å². The number of carbonyl (C=O) groups is 1. The van der Waals surface area contributed by atoms with E-state index in [2.05, 4.69) is 15.1 Å². The van der Waals surface area contributed by atoms with Crippen molar-refractivity contribution in [3.05, 3.63) is 64.7 Å². The minimum atomic E-state index is -5.08. The number of benzene rings is 1. The molecule has 14 heteroatoms. The highest BCUT2D eigenvalue weighted by Crippen LogP contribution is 2.38. The van der Waals surface area contributed by atoms with Crippen molar-refractivity contribution in [3.8, 4) is 16.8 Å². The van der Waals surface area contributed by atoms with Crippen LogP contribution in [0.25, 0.3) is 27.8 Å². The number of rotatable bonds is 2. The first kappa shape index (κ1) is 24.4. The molecule has 0 aliphatic heterocycles. The third kappa shape index (κ3) is 5.40. The van der Waals surface area contributed by atoms with Crippen LogP contribution in [-0.2, 0) is 11.0 Å². The number of nitrogens with one attached hydrogen (secondary N) is 1. The Morgan fingerprint density at radius 1 is 1.06 bits per heavy atom. The van der Waals surface area contributed by atoms with Crippen molar-refractivity contribution in [2.24, 2.45) is 0 Å². The largest absolute Gasteiger partial charge is 0.490 e. The van der Waals surface area contributed by atoms with E-state index < -0.39 is 23.9 Å². The topological polar surface area (TPSA) is 83.8 Å². The molecule has 0 aliphatic carbocycles. The van der Waals surface area contributed by atoms with Crippen LogP contribution in [0.2, 0.25) is 10.0 Å². The Bertz CT molecular complexity index is 1290. The van der Waals surface area contributed by atoms with E-state index in [1.54, 1.807) is 24.8 Å². The second kappa shape index (κ2) is 8.94. The number of nitrogens with zero attached hydrogens (tertiary/aromatic N) is 3. The first-order valence-electron chi connectivity index (χ1n) is 8.63. The van der Waals surface area contributed by atoms with Gasteiger partial charge in [-0.25, -0.2) is 14.5 Å². The van der Waals surface area contributed by atoms with Crippen molar-refractivity contribution in [1.82, 2.24) is 19.7 Å². The zero-order valence-corrected chi connectivity index (χ0v) is 17.4. The van der Waals surface area contributed by atoms with Crippen LogP contribution in [0.1, 0.15) is 5.56 Å². The number of carboxylic acid groups (broad SMARTS) is 1. The van der Waals surface area contributed by atoms with Gasteiger partial charge in [-0.2, -0.15) is 31.4 Å². The van der Waals surface area contributed by atoms with E-state index in [1.165, 1.54) is 4.68 Å². The molecule has 0 bridgehead atoms. The van der Waals surface area contributed by atoms with Gasteiger partial charge in [-0.15, -0.1) is 0 Å². The fraction of sp³-hybridized carbons (Fsp3) is 0.105. The zero-order chi connectivity index (χ0) is 24.6. The number of halogens is 8. The van der Waals surface area contributed by atoms with Gasteiger partial charge < -0.3 is 10.1 Å². The number of pyridine rings is 1. The zero-order valence-electron chi connectivity index (χ0n) is 15.8. The number of H-pyrrole nitrogens is 1. The molecule has 1 aromatic carbocycles. The molecular formula is C19H10Cl2F6N4O2. The van der Waals surface area contributed by atoms with Gasteiger partial charge in [0.15, 0.2) is 0 Å². The number of aromatic nitrogens is 4. The van der Waals surface area contributed by atoms with Crippen LogP contribution in [0.5, 0.6) is 0 Å². The number of fused-ring (bicyclic) bond motifs is 1. The normalized spacial score (nSPS) is 11.9. The van der Waals surface area contributed by atoms with E-state index in [1.807, 2.05) is 12.1 Å². The molecule has 0 unspecified atom stereocenters. The minimum Gasteiger partial charge on any atom is -0.475 e. The number of hydrogen-bond donors (Lipinski definition) is 2. The van der Waals surface area contributed by atoms with E-state index in [0.29, 0.717) is 0 Å². The van der Waals surface area contributed by atoms with E-state index in [-0.39, 0.29) is 15.7 Å². The molecule has 3 heterocycles. The van der Waals surface area contributed by atoms with Gasteiger partial charge in [-0.05, 0) is 29.8 Å². The van der Waals surface area contributed by atoms with Gasteiger partial charge >= 0.3 is 18.3 Å². The summed E-state index contributed by atoms with van der Waals surface area (Å²) in [6.07, 6.45) is -2.94. The van der Waals surface area contributed by atoms with Crippen LogP contribution in [0.15, 0.2) is 49.1 Å². The van der Waals surface area contributed by atoms with Crippen LogP contribution in [0.4, 0.5) is 26.3 Å². The summed E-state index contributed by atoms with van der Waals surface area (Å²) in [6, 6.07) is 5.38. The number of aliphatic carboxylic acids is 1. The quantitative estimate of drug-likeness (QED) is 0.306. The second-order valence-corrected chi connectivity index (χ2v) is 7.18. The Morgan fingerprint density at radius 3 is 2.21 bits per heavy atom. The summed E-state index contributed by atoms with van der Waals surface area (Å²) < 4.78 is 71.7. The number of carboxylic acids is 1. The molecule has 0 fully saturated rings. The van der Waals surface area contributed by atoms with Gasteiger partial charge in [-0.1, -0.05) is 23.2 Å². The van der Waals surface area contributed by atoms with Gasteiger partial charge in [0.25, 0.3) is 0 Å². The Labute approximate surface area is 190 Å². The van der Waals surface area contributed by atoms with Crippen molar-refractivity contribution in [2.45, 2.75) is 12.4 Å². The summed E-state index contributed by atoms with van der Waals surface area (Å²) in [7, 11) is 0. The van der Waals surface area contributed by atoms with E-state index >= 15 is 0 Å². The molecule has 0 radical (unpaired) electrons. The lowest BCUT2D eigenvalue weighted by Crippen LogP contribution is -2.21. The molecule has 174 valence electrons. The van der Waals surface area contributed by atoms with E-state index in [0.717, 1.165) is 34.3 Å². The SMILES string of the molecule is FC(F)(F)c1cc(Cl)c(-n2cc(-c3ccnc4[nH]ccc34)cn2)c(Cl)c1.O=C(O)C(F)(F)F. The standard InChI is InChI=1S/C17H9Cl2F3N4.C2HF3O2/c18-13-5-10(17(20,21)22)6-14(19)15(13)26-8-9(7-25-26)11-1-3-23-16-12(11)2-4-24-16;3-2(4,5)1(6)7/h1-8H,(H,23,24);(H,6,7). The fourth-order valence-corrected chi connectivity index (χ4v) is 3.41. The smallest absolute Gasteiger partial charge is 0.475 e. The molecule has 6 nitrogen and oxygen atoms in total. The maximum absolute atomic E-state index is 12.9. The summed E-state index contributed by atoms with van der Waals surface area (Å²) >= 11 is 12.1. The Kier molecular flexibility index (Phi) is 6.61. The Hall–Kier alpha value is -3.25. The molecule has 3 aromatic heterocycles. The third-order valence-corrected chi connectivity index (χ3v) is 4.75. The first-order valence-corrected chi connectivity index (χ1v) is 9.38. The number of alkyl halides is 6. The third-order valence-electron chi connectivity index (χ3n) is 4.17. The lowest BCUT2D eigenvalue weighted by molar-refractivity contribution is -0.192. The predicted molar refractivity (Wildman–Crippen MR) is 107 cm³/mol. The van der Waals surface area contributed by atoms with Crippen LogP contribution < -0.4 is 0 Å². The average Bonchev–Trinajstić information content (AvgIpc) is 3.36. The molecule has 4 rings (SSSR count). The predicted octanol–water partition coefficient (Wildman–Crippen LogP) is 6.37. The van der Waals surface area contributed by atoms with E-state index in [9.17, 15) is 26.3 Å². The van der Waals surface area contributed by atoms with E-state index in [4.69, 9.17) is 33.1 Å². The van der Waals surface area contributed by atoms with Gasteiger partial charge in [0.1, 0.15) is 11.3 Å². The monoisotopic (exact) mass is 510 g/mol. The lowest BCUT2D eigenvalue weighted by atomic mass is 10.1. The van der Waals surface area contributed by atoms with Crippen LogP contribution in [0, 0.1) is 0 Å². The van der Waals surface area contributed by atoms with Gasteiger partial charge in [0.05, 0.1) is 21.8 Å². The van der Waals surface area contributed by atoms with Crippen molar-refractivity contribution < 1.29 is 36.2 Å². The van der Waals surface area contributed by atoms with Gasteiger partial charge in [0.2, 0.25) is 0 Å². The Balaban J connectivity index is 0.000000383.